The third-order valence-electron chi connectivity index (χ3n) is 2.92. The molecule has 5 heteroatoms. The SMILES string of the molecule is CCC(O)(CC)CNc1c(F)cc(F)cc1F. The summed E-state index contributed by atoms with van der Waals surface area (Å²) in [6, 6.07) is 1.20. The fourth-order valence-corrected chi connectivity index (χ4v) is 1.46. The van der Waals surface area contributed by atoms with Crippen molar-refractivity contribution in [1.82, 2.24) is 0 Å². The van der Waals surface area contributed by atoms with Crippen LogP contribution in [0.1, 0.15) is 26.7 Å². The van der Waals surface area contributed by atoms with Gasteiger partial charge in [-0.05, 0) is 12.8 Å². The number of rotatable bonds is 5. The van der Waals surface area contributed by atoms with Crippen LogP contribution in [0.5, 0.6) is 0 Å². The number of anilines is 1. The number of hydrogen-bond donors (Lipinski definition) is 2. The van der Waals surface area contributed by atoms with E-state index in [-0.39, 0.29) is 6.54 Å². The van der Waals surface area contributed by atoms with Crippen molar-refractivity contribution in [3.05, 3.63) is 29.6 Å². The van der Waals surface area contributed by atoms with E-state index in [1.165, 1.54) is 0 Å². The summed E-state index contributed by atoms with van der Waals surface area (Å²) in [5, 5.41) is 12.4. The van der Waals surface area contributed by atoms with Crippen molar-refractivity contribution >= 4 is 5.69 Å². The van der Waals surface area contributed by atoms with Gasteiger partial charge in [0.05, 0.1) is 5.60 Å². The van der Waals surface area contributed by atoms with Gasteiger partial charge in [-0.2, -0.15) is 0 Å². The van der Waals surface area contributed by atoms with Crippen LogP contribution >= 0.6 is 0 Å². The Morgan fingerprint density at radius 1 is 1.12 bits per heavy atom. The van der Waals surface area contributed by atoms with Gasteiger partial charge in [-0.3, -0.25) is 0 Å². The maximum absolute atomic E-state index is 13.3. The molecule has 0 heterocycles. The topological polar surface area (TPSA) is 32.3 Å². The fraction of sp³-hybridized carbons (Fsp3) is 0.500. The lowest BCUT2D eigenvalue weighted by Gasteiger charge is -2.26. The zero-order valence-electron chi connectivity index (χ0n) is 9.86. The second-order valence-corrected chi connectivity index (χ2v) is 4.03. The summed E-state index contributed by atoms with van der Waals surface area (Å²) < 4.78 is 39.2. The largest absolute Gasteiger partial charge is 0.388 e. The quantitative estimate of drug-likeness (QED) is 0.838. The highest BCUT2D eigenvalue weighted by molar-refractivity contribution is 5.46. The van der Waals surface area contributed by atoms with E-state index in [1.807, 2.05) is 0 Å². The molecule has 0 aliphatic rings. The van der Waals surface area contributed by atoms with Gasteiger partial charge in [-0.15, -0.1) is 0 Å². The molecule has 1 aromatic rings. The Hall–Kier alpha value is -1.23. The predicted octanol–water partition coefficient (Wildman–Crippen LogP) is 3.07. The zero-order valence-corrected chi connectivity index (χ0v) is 9.86. The predicted molar refractivity (Wildman–Crippen MR) is 60.3 cm³/mol. The average molecular weight is 247 g/mol. The van der Waals surface area contributed by atoms with Crippen molar-refractivity contribution in [3.8, 4) is 0 Å². The lowest BCUT2D eigenvalue weighted by atomic mass is 9.97. The van der Waals surface area contributed by atoms with Gasteiger partial charge in [-0.1, -0.05) is 13.8 Å². The minimum absolute atomic E-state index is 0.0134. The highest BCUT2D eigenvalue weighted by atomic mass is 19.1. The molecule has 0 saturated carbocycles. The zero-order chi connectivity index (χ0) is 13.1. The lowest BCUT2D eigenvalue weighted by molar-refractivity contribution is 0.0456. The molecule has 0 aliphatic carbocycles. The van der Waals surface area contributed by atoms with E-state index in [9.17, 15) is 18.3 Å². The van der Waals surface area contributed by atoms with Crippen molar-refractivity contribution in [3.63, 3.8) is 0 Å². The van der Waals surface area contributed by atoms with E-state index in [0.717, 1.165) is 0 Å². The van der Waals surface area contributed by atoms with Crippen molar-refractivity contribution in [2.75, 3.05) is 11.9 Å². The molecular weight excluding hydrogens is 231 g/mol. The summed E-state index contributed by atoms with van der Waals surface area (Å²) in [4.78, 5) is 0. The Kier molecular flexibility index (Phi) is 4.40. The number of halogens is 3. The maximum atomic E-state index is 13.3. The van der Waals surface area contributed by atoms with Gasteiger partial charge in [0, 0.05) is 18.7 Å². The Morgan fingerprint density at radius 2 is 1.59 bits per heavy atom. The molecule has 0 aromatic heterocycles. The first-order valence-electron chi connectivity index (χ1n) is 5.52. The van der Waals surface area contributed by atoms with Crippen LogP contribution < -0.4 is 5.32 Å². The van der Waals surface area contributed by atoms with E-state index in [0.29, 0.717) is 25.0 Å². The standard InChI is InChI=1S/C12H16F3NO/c1-3-12(17,4-2)7-16-11-9(14)5-8(13)6-10(11)15/h5-6,16-17H,3-4,7H2,1-2H3. The Balaban J connectivity index is 2.83. The minimum Gasteiger partial charge on any atom is -0.388 e. The van der Waals surface area contributed by atoms with Crippen LogP contribution in [0, 0.1) is 17.5 Å². The van der Waals surface area contributed by atoms with Crippen molar-refractivity contribution < 1.29 is 18.3 Å². The van der Waals surface area contributed by atoms with Gasteiger partial charge in [0.1, 0.15) is 11.5 Å². The molecule has 96 valence electrons. The minimum atomic E-state index is -1.02. The second-order valence-electron chi connectivity index (χ2n) is 4.03. The van der Waals surface area contributed by atoms with Crippen LogP contribution in [0.3, 0.4) is 0 Å². The smallest absolute Gasteiger partial charge is 0.152 e. The molecule has 17 heavy (non-hydrogen) atoms. The van der Waals surface area contributed by atoms with Gasteiger partial charge in [0.2, 0.25) is 0 Å². The van der Waals surface area contributed by atoms with Crippen LogP contribution in [-0.4, -0.2) is 17.3 Å². The van der Waals surface area contributed by atoms with Crippen LogP contribution in [0.4, 0.5) is 18.9 Å². The van der Waals surface area contributed by atoms with E-state index in [1.54, 1.807) is 13.8 Å². The number of hydrogen-bond acceptors (Lipinski definition) is 2. The summed E-state index contributed by atoms with van der Waals surface area (Å²) in [5.74, 6) is -2.97. The lowest BCUT2D eigenvalue weighted by Crippen LogP contribution is -2.35. The van der Waals surface area contributed by atoms with Crippen LogP contribution in [0.15, 0.2) is 12.1 Å². The first-order chi connectivity index (χ1) is 7.91. The second kappa shape index (κ2) is 5.40. The molecule has 0 unspecified atom stereocenters. The number of aliphatic hydroxyl groups is 1. The van der Waals surface area contributed by atoms with E-state index < -0.39 is 28.7 Å². The highest BCUT2D eigenvalue weighted by Crippen LogP contribution is 2.22. The average Bonchev–Trinajstić information content (AvgIpc) is 2.27. The van der Waals surface area contributed by atoms with E-state index in [4.69, 9.17) is 0 Å². The third-order valence-corrected chi connectivity index (χ3v) is 2.92. The fourth-order valence-electron chi connectivity index (χ4n) is 1.46. The van der Waals surface area contributed by atoms with Crippen molar-refractivity contribution in [2.24, 2.45) is 0 Å². The molecule has 2 nitrogen and oxygen atoms in total. The molecule has 0 aliphatic heterocycles. The molecule has 1 rings (SSSR count). The highest BCUT2D eigenvalue weighted by Gasteiger charge is 2.23. The monoisotopic (exact) mass is 247 g/mol. The molecule has 2 N–H and O–H groups in total. The van der Waals surface area contributed by atoms with Gasteiger partial charge in [-0.25, -0.2) is 13.2 Å². The molecule has 0 atom stereocenters. The normalized spacial score (nSPS) is 11.6. The molecule has 0 amide bonds. The van der Waals surface area contributed by atoms with E-state index in [2.05, 4.69) is 5.32 Å². The van der Waals surface area contributed by atoms with Gasteiger partial charge in [0.15, 0.2) is 11.6 Å². The first kappa shape index (κ1) is 13.8. The Morgan fingerprint density at radius 3 is 2.00 bits per heavy atom. The molecule has 0 spiro atoms. The molecule has 0 radical (unpaired) electrons. The summed E-state index contributed by atoms with van der Waals surface area (Å²) in [5.41, 5.74) is -1.43. The van der Waals surface area contributed by atoms with Crippen LogP contribution in [0.2, 0.25) is 0 Å². The molecule has 0 saturated heterocycles. The Bertz CT molecular complexity index is 368. The number of benzene rings is 1. The summed E-state index contributed by atoms with van der Waals surface area (Å²) in [6.45, 7) is 3.57. The van der Waals surface area contributed by atoms with Gasteiger partial charge < -0.3 is 10.4 Å². The van der Waals surface area contributed by atoms with Crippen molar-refractivity contribution in [1.29, 1.82) is 0 Å². The molecule has 1 aromatic carbocycles. The molecular formula is C12H16F3NO. The summed E-state index contributed by atoms with van der Waals surface area (Å²) >= 11 is 0. The van der Waals surface area contributed by atoms with Gasteiger partial charge >= 0.3 is 0 Å². The summed E-state index contributed by atoms with van der Waals surface area (Å²) in [7, 11) is 0. The van der Waals surface area contributed by atoms with Crippen LogP contribution in [0.25, 0.3) is 0 Å². The van der Waals surface area contributed by atoms with Crippen LogP contribution in [-0.2, 0) is 0 Å². The maximum Gasteiger partial charge on any atom is 0.152 e. The number of nitrogens with one attached hydrogen (secondary N) is 1. The molecule has 0 bridgehead atoms. The molecule has 0 fully saturated rings. The first-order valence-corrected chi connectivity index (χ1v) is 5.52. The van der Waals surface area contributed by atoms with E-state index >= 15 is 0 Å². The third kappa shape index (κ3) is 3.36. The summed E-state index contributed by atoms with van der Waals surface area (Å²) in [6.07, 6.45) is 0.919. The van der Waals surface area contributed by atoms with Gasteiger partial charge in [0.25, 0.3) is 0 Å². The Labute approximate surface area is 98.5 Å². The van der Waals surface area contributed by atoms with Crippen molar-refractivity contribution in [2.45, 2.75) is 32.3 Å².